The Morgan fingerprint density at radius 2 is 1.86 bits per heavy atom. The Hall–Kier alpha value is -1.00. The van der Waals surface area contributed by atoms with Crippen LogP contribution in [0.5, 0.6) is 5.75 Å². The molecular formula is C8H10O5P+. The molecule has 0 aliphatic rings. The number of para-hydroxylation sites is 1. The number of carbonyl (C=O) groups is 1. The SMILES string of the molecule is COc1ccccc1C(=O)[P+](O)(O)O. The van der Waals surface area contributed by atoms with Crippen LogP contribution < -0.4 is 4.74 Å². The van der Waals surface area contributed by atoms with E-state index < -0.39 is 13.5 Å². The van der Waals surface area contributed by atoms with E-state index in [1.54, 1.807) is 6.07 Å². The number of carbonyl (C=O) groups excluding carboxylic acids is 1. The molecule has 1 aromatic rings. The quantitative estimate of drug-likeness (QED) is 0.644. The van der Waals surface area contributed by atoms with Crippen molar-refractivity contribution in [1.29, 1.82) is 0 Å². The van der Waals surface area contributed by atoms with E-state index in [4.69, 9.17) is 19.4 Å². The highest BCUT2D eigenvalue weighted by atomic mass is 31.2. The maximum atomic E-state index is 11.3. The van der Waals surface area contributed by atoms with Gasteiger partial charge in [-0.05, 0) is 12.1 Å². The second-order valence-electron chi connectivity index (χ2n) is 2.57. The molecule has 0 bridgehead atoms. The minimum atomic E-state index is -4.49. The molecule has 0 aromatic heterocycles. The van der Waals surface area contributed by atoms with Crippen LogP contribution in [-0.4, -0.2) is 27.3 Å². The highest BCUT2D eigenvalue weighted by Crippen LogP contribution is 2.49. The van der Waals surface area contributed by atoms with E-state index >= 15 is 0 Å². The first-order valence-corrected chi connectivity index (χ1v) is 5.36. The number of hydrogen-bond acceptors (Lipinski definition) is 5. The average Bonchev–Trinajstić information content (AvgIpc) is 2.15. The predicted molar refractivity (Wildman–Crippen MR) is 50.9 cm³/mol. The van der Waals surface area contributed by atoms with Gasteiger partial charge in [-0.1, -0.05) is 12.1 Å². The summed E-state index contributed by atoms with van der Waals surface area (Å²) in [5.74, 6) is 0.194. The van der Waals surface area contributed by atoms with Gasteiger partial charge < -0.3 is 4.74 Å². The molecular weight excluding hydrogens is 207 g/mol. The molecule has 14 heavy (non-hydrogen) atoms. The fourth-order valence-corrected chi connectivity index (χ4v) is 1.49. The number of rotatable bonds is 3. The normalized spacial score (nSPS) is 11.1. The van der Waals surface area contributed by atoms with Gasteiger partial charge in [0.15, 0.2) is 0 Å². The first-order chi connectivity index (χ1) is 6.46. The molecule has 5 nitrogen and oxygen atoms in total. The van der Waals surface area contributed by atoms with Crippen molar-refractivity contribution in [2.24, 2.45) is 0 Å². The molecule has 1 rings (SSSR count). The van der Waals surface area contributed by atoms with Gasteiger partial charge in [-0.2, -0.15) is 14.7 Å². The van der Waals surface area contributed by atoms with E-state index in [-0.39, 0.29) is 11.3 Å². The lowest BCUT2D eigenvalue weighted by molar-refractivity contribution is 0.102. The summed E-state index contributed by atoms with van der Waals surface area (Å²) >= 11 is 0. The van der Waals surface area contributed by atoms with Crippen LogP contribution in [0.4, 0.5) is 0 Å². The number of benzene rings is 1. The van der Waals surface area contributed by atoms with Crippen LogP contribution in [0.25, 0.3) is 0 Å². The van der Waals surface area contributed by atoms with Crippen molar-refractivity contribution in [3.8, 4) is 5.75 Å². The number of methoxy groups -OCH3 is 1. The molecule has 0 aliphatic carbocycles. The summed E-state index contributed by atoms with van der Waals surface area (Å²) in [6.07, 6.45) is 0. The fourth-order valence-electron chi connectivity index (χ4n) is 0.983. The Balaban J connectivity index is 3.13. The smallest absolute Gasteiger partial charge is 0.484 e. The topological polar surface area (TPSA) is 87.0 Å². The number of hydrogen-bond donors (Lipinski definition) is 3. The largest absolute Gasteiger partial charge is 0.496 e. The molecule has 0 amide bonds. The van der Waals surface area contributed by atoms with Crippen molar-refractivity contribution in [2.75, 3.05) is 7.11 Å². The lowest BCUT2D eigenvalue weighted by Crippen LogP contribution is -2.07. The van der Waals surface area contributed by atoms with E-state index in [1.165, 1.54) is 25.3 Å². The van der Waals surface area contributed by atoms with Gasteiger partial charge in [0, 0.05) is 0 Å². The molecule has 0 radical (unpaired) electrons. The van der Waals surface area contributed by atoms with Crippen LogP contribution in [-0.2, 0) is 0 Å². The second-order valence-corrected chi connectivity index (χ2v) is 4.12. The summed E-state index contributed by atoms with van der Waals surface area (Å²) in [4.78, 5) is 37.6. The summed E-state index contributed by atoms with van der Waals surface area (Å²) in [5, 5.41) is 0. The summed E-state index contributed by atoms with van der Waals surface area (Å²) in [5.41, 5.74) is -1.16. The molecule has 0 saturated heterocycles. The lowest BCUT2D eigenvalue weighted by Gasteiger charge is -2.06. The standard InChI is InChI=1S/C8H10O5P/c1-13-7-5-3-2-4-6(7)8(9)14(10,11)12/h2-5,10-12H,1H3/q+1. The van der Waals surface area contributed by atoms with Crippen molar-refractivity contribution in [3.05, 3.63) is 29.8 Å². The maximum Gasteiger partial charge on any atom is 0.484 e. The molecule has 3 N–H and O–H groups in total. The third-order valence-electron chi connectivity index (χ3n) is 1.61. The monoisotopic (exact) mass is 217 g/mol. The van der Waals surface area contributed by atoms with Crippen LogP contribution in [0.1, 0.15) is 10.4 Å². The van der Waals surface area contributed by atoms with Crippen LogP contribution in [0, 0.1) is 0 Å². The van der Waals surface area contributed by atoms with Gasteiger partial charge in [0.2, 0.25) is 0 Å². The van der Waals surface area contributed by atoms with Gasteiger partial charge in [-0.15, -0.1) is 0 Å². The van der Waals surface area contributed by atoms with Crippen LogP contribution in [0.2, 0.25) is 0 Å². The van der Waals surface area contributed by atoms with Gasteiger partial charge in [0.05, 0.1) is 7.11 Å². The van der Waals surface area contributed by atoms with E-state index in [2.05, 4.69) is 0 Å². The first kappa shape index (κ1) is 11.1. The summed E-state index contributed by atoms with van der Waals surface area (Å²) in [7, 11) is -3.14. The van der Waals surface area contributed by atoms with E-state index in [9.17, 15) is 4.79 Å². The van der Waals surface area contributed by atoms with Gasteiger partial charge in [-0.3, -0.25) is 0 Å². The zero-order valence-corrected chi connectivity index (χ0v) is 8.31. The lowest BCUT2D eigenvalue weighted by atomic mass is 10.2. The third-order valence-corrected chi connectivity index (χ3v) is 2.40. The Morgan fingerprint density at radius 1 is 1.29 bits per heavy atom. The molecule has 0 heterocycles. The number of ether oxygens (including phenoxy) is 1. The maximum absolute atomic E-state index is 11.3. The highest BCUT2D eigenvalue weighted by Gasteiger charge is 2.44. The van der Waals surface area contributed by atoms with E-state index in [1.807, 2.05) is 0 Å². The van der Waals surface area contributed by atoms with Gasteiger partial charge in [0.25, 0.3) is 0 Å². The second kappa shape index (κ2) is 4.02. The molecule has 0 spiro atoms. The van der Waals surface area contributed by atoms with Crippen LogP contribution in [0.15, 0.2) is 24.3 Å². The van der Waals surface area contributed by atoms with Crippen LogP contribution >= 0.6 is 7.94 Å². The fraction of sp³-hybridized carbons (Fsp3) is 0.125. The molecule has 1 aromatic carbocycles. The summed E-state index contributed by atoms with van der Waals surface area (Å²) in [6, 6.07) is 5.99. The van der Waals surface area contributed by atoms with Crippen molar-refractivity contribution in [1.82, 2.24) is 0 Å². The van der Waals surface area contributed by atoms with Crippen molar-refractivity contribution >= 4 is 13.5 Å². The highest BCUT2D eigenvalue weighted by molar-refractivity contribution is 7.76. The Bertz CT molecular complexity index is 344. The minimum absolute atomic E-state index is 0.0455. The summed E-state index contributed by atoms with van der Waals surface area (Å²) in [6.45, 7) is 0. The van der Waals surface area contributed by atoms with Crippen molar-refractivity contribution in [2.45, 2.75) is 0 Å². The van der Waals surface area contributed by atoms with Gasteiger partial charge >= 0.3 is 13.5 Å². The Labute approximate surface area is 81.2 Å². The minimum Gasteiger partial charge on any atom is -0.496 e. The average molecular weight is 217 g/mol. The molecule has 0 atom stereocenters. The zero-order chi connectivity index (χ0) is 10.8. The third kappa shape index (κ3) is 2.27. The first-order valence-electron chi connectivity index (χ1n) is 3.72. The van der Waals surface area contributed by atoms with Crippen molar-refractivity contribution in [3.63, 3.8) is 0 Å². The molecule has 0 fully saturated rings. The molecule has 6 heteroatoms. The van der Waals surface area contributed by atoms with E-state index in [0.29, 0.717) is 0 Å². The molecule has 76 valence electrons. The zero-order valence-electron chi connectivity index (χ0n) is 7.41. The van der Waals surface area contributed by atoms with E-state index in [0.717, 1.165) is 0 Å². The molecule has 0 unspecified atom stereocenters. The van der Waals surface area contributed by atoms with Crippen LogP contribution in [0.3, 0.4) is 0 Å². The van der Waals surface area contributed by atoms with Crippen molar-refractivity contribution < 1.29 is 24.2 Å². The van der Waals surface area contributed by atoms with Gasteiger partial charge in [0.1, 0.15) is 11.3 Å². The summed E-state index contributed by atoms with van der Waals surface area (Å²) < 4.78 is 4.83. The Kier molecular flexibility index (Phi) is 3.18. The molecule has 0 aliphatic heterocycles. The molecule has 0 saturated carbocycles. The predicted octanol–water partition coefficient (Wildman–Crippen LogP) is 0.575. The van der Waals surface area contributed by atoms with Gasteiger partial charge in [-0.25, -0.2) is 4.79 Å². The Morgan fingerprint density at radius 3 is 2.36 bits per heavy atom.